The zero-order valence-corrected chi connectivity index (χ0v) is 21.7. The van der Waals surface area contributed by atoms with Crippen molar-refractivity contribution in [3.63, 3.8) is 0 Å². The number of aromatic hydroxyl groups is 1. The minimum Gasteiger partial charge on any atom is -0.505 e. The summed E-state index contributed by atoms with van der Waals surface area (Å²) >= 11 is 16.4. The van der Waals surface area contributed by atoms with Crippen molar-refractivity contribution in [2.24, 2.45) is 0 Å². The molecule has 3 aromatic carbocycles. The summed E-state index contributed by atoms with van der Waals surface area (Å²) < 4.78 is 11.7. The number of urea groups is 1. The Morgan fingerprint density at radius 3 is 2.42 bits per heavy atom. The van der Waals surface area contributed by atoms with E-state index in [9.17, 15) is 9.90 Å². The van der Waals surface area contributed by atoms with Crippen molar-refractivity contribution in [2.45, 2.75) is 6.42 Å². The smallest absolute Gasteiger partial charge is 0.333 e. The van der Waals surface area contributed by atoms with Crippen LogP contribution in [0.1, 0.15) is 5.56 Å². The lowest BCUT2D eigenvalue weighted by molar-refractivity contribution is 0.250. The fourth-order valence-electron chi connectivity index (χ4n) is 3.54. The first-order chi connectivity index (χ1) is 17.3. The van der Waals surface area contributed by atoms with Gasteiger partial charge in [-0.3, -0.25) is 4.98 Å². The van der Waals surface area contributed by atoms with E-state index in [1.165, 1.54) is 6.20 Å². The van der Waals surface area contributed by atoms with Crippen molar-refractivity contribution in [3.8, 4) is 28.4 Å². The number of anilines is 1. The first-order valence-corrected chi connectivity index (χ1v) is 11.9. The van der Waals surface area contributed by atoms with Crippen LogP contribution in [0.15, 0.2) is 54.7 Å². The lowest BCUT2D eigenvalue weighted by atomic mass is 10.0. The largest absolute Gasteiger partial charge is 0.505 e. The molecule has 1 heterocycles. The number of carbonyl (C=O) groups excluding carboxylic acids is 1. The van der Waals surface area contributed by atoms with Crippen LogP contribution in [0, 0.1) is 0 Å². The topological polar surface area (TPSA) is 96.8 Å². The minimum absolute atomic E-state index is 0.142. The number of ether oxygens (including phenoxy) is 2. The van der Waals surface area contributed by atoms with Crippen LogP contribution in [0.25, 0.3) is 22.2 Å². The van der Waals surface area contributed by atoms with Gasteiger partial charge >= 0.3 is 6.03 Å². The van der Waals surface area contributed by atoms with Gasteiger partial charge in [0.25, 0.3) is 0 Å². The van der Waals surface area contributed by atoms with Gasteiger partial charge in [-0.05, 0) is 59.5 Å². The van der Waals surface area contributed by atoms with Crippen molar-refractivity contribution in [2.75, 3.05) is 25.1 Å². The van der Waals surface area contributed by atoms with Gasteiger partial charge in [0.1, 0.15) is 0 Å². The zero-order chi connectivity index (χ0) is 25.8. The van der Waals surface area contributed by atoms with Crippen LogP contribution in [0.4, 0.5) is 10.6 Å². The van der Waals surface area contributed by atoms with Gasteiger partial charge in [0.05, 0.1) is 41.5 Å². The summed E-state index contributed by atoms with van der Waals surface area (Å²) in [6.07, 6.45) is 2.05. The molecule has 4 aromatic rings. The molecule has 186 valence electrons. The van der Waals surface area contributed by atoms with Gasteiger partial charge in [-0.15, -0.1) is 0 Å². The highest BCUT2D eigenvalue weighted by Crippen LogP contribution is 2.37. The van der Waals surface area contributed by atoms with Crippen LogP contribution in [0.5, 0.6) is 17.2 Å². The SMILES string of the molecule is COc1ccc(CCNC(=O)N(S)c2cnc3ccc(-c4cc(Cl)c(O)c(Cl)c4)cc3n2)cc1OC. The molecule has 8 nitrogen and oxygen atoms in total. The number of benzene rings is 3. The molecule has 0 spiro atoms. The fourth-order valence-corrected chi connectivity index (χ4v) is 4.20. The van der Waals surface area contributed by atoms with Crippen LogP contribution < -0.4 is 19.1 Å². The molecule has 0 aliphatic rings. The maximum absolute atomic E-state index is 12.7. The molecule has 0 fully saturated rings. The minimum atomic E-state index is -0.444. The standard InChI is InChI=1S/C25H22Cl2N4O4S/c1-34-21-6-3-14(9-22(21)35-2)7-8-28-25(33)31(36)23-13-29-19-5-4-15(12-20(19)30-23)16-10-17(26)24(32)18(27)11-16/h3-6,9-13,32,36H,7-8H2,1-2H3,(H,28,33). The molecule has 0 saturated heterocycles. The molecule has 0 atom stereocenters. The molecule has 2 amide bonds. The monoisotopic (exact) mass is 544 g/mol. The molecule has 2 N–H and O–H groups in total. The van der Waals surface area contributed by atoms with E-state index in [-0.39, 0.29) is 21.6 Å². The van der Waals surface area contributed by atoms with E-state index < -0.39 is 6.03 Å². The predicted octanol–water partition coefficient (Wildman–Crippen LogP) is 5.93. The highest BCUT2D eigenvalue weighted by atomic mass is 35.5. The molecule has 0 aliphatic carbocycles. The molecule has 0 bridgehead atoms. The van der Waals surface area contributed by atoms with Gasteiger partial charge in [0.2, 0.25) is 0 Å². The van der Waals surface area contributed by atoms with E-state index in [1.54, 1.807) is 38.5 Å². The Hall–Kier alpha value is -3.40. The first-order valence-electron chi connectivity index (χ1n) is 10.7. The molecule has 11 heteroatoms. The number of fused-ring (bicyclic) bond motifs is 1. The predicted molar refractivity (Wildman–Crippen MR) is 145 cm³/mol. The summed E-state index contributed by atoms with van der Waals surface area (Å²) in [5, 5.41) is 12.9. The lowest BCUT2D eigenvalue weighted by Crippen LogP contribution is -2.35. The van der Waals surface area contributed by atoms with Gasteiger partial charge in [0.15, 0.2) is 23.1 Å². The number of phenols is 1. The first kappa shape index (κ1) is 25.7. The highest BCUT2D eigenvalue weighted by molar-refractivity contribution is 7.82. The second-order valence-electron chi connectivity index (χ2n) is 7.70. The Balaban J connectivity index is 1.47. The summed E-state index contributed by atoms with van der Waals surface area (Å²) in [6.45, 7) is 0.374. The van der Waals surface area contributed by atoms with Gasteiger partial charge in [-0.1, -0.05) is 48.1 Å². The molecule has 0 saturated carbocycles. The van der Waals surface area contributed by atoms with Crippen LogP contribution in [-0.4, -0.2) is 41.9 Å². The van der Waals surface area contributed by atoms with Crippen molar-refractivity contribution in [3.05, 3.63) is 70.3 Å². The number of amides is 2. The third kappa shape index (κ3) is 5.53. The number of methoxy groups -OCH3 is 2. The maximum Gasteiger partial charge on any atom is 0.333 e. The maximum atomic E-state index is 12.7. The van der Waals surface area contributed by atoms with Crippen LogP contribution >= 0.6 is 36.0 Å². The van der Waals surface area contributed by atoms with Crippen LogP contribution in [-0.2, 0) is 6.42 Å². The second kappa shape index (κ2) is 11.1. The highest BCUT2D eigenvalue weighted by Gasteiger charge is 2.15. The molecule has 0 radical (unpaired) electrons. The molecule has 0 unspecified atom stereocenters. The Kier molecular flexibility index (Phi) is 7.93. The average molecular weight is 545 g/mol. The van der Waals surface area contributed by atoms with Gasteiger partial charge < -0.3 is 19.9 Å². The number of nitrogens with one attached hydrogen (secondary N) is 1. The van der Waals surface area contributed by atoms with E-state index in [2.05, 4.69) is 28.1 Å². The number of hydrogen-bond acceptors (Lipinski definition) is 7. The van der Waals surface area contributed by atoms with Crippen molar-refractivity contribution >= 4 is 58.9 Å². The summed E-state index contributed by atoms with van der Waals surface area (Å²) in [4.78, 5) is 21.6. The van der Waals surface area contributed by atoms with Crippen molar-refractivity contribution in [1.29, 1.82) is 0 Å². The zero-order valence-electron chi connectivity index (χ0n) is 19.3. The molecule has 4 rings (SSSR count). The third-order valence-corrected chi connectivity index (χ3v) is 6.39. The van der Waals surface area contributed by atoms with Crippen LogP contribution in [0.3, 0.4) is 0 Å². The van der Waals surface area contributed by atoms with Crippen molar-refractivity contribution < 1.29 is 19.4 Å². The summed E-state index contributed by atoms with van der Waals surface area (Å²) in [6, 6.07) is 13.8. The fraction of sp³-hybridized carbons (Fsp3) is 0.160. The van der Waals surface area contributed by atoms with Crippen LogP contribution in [0.2, 0.25) is 10.0 Å². The average Bonchev–Trinajstić information content (AvgIpc) is 2.90. The molecule has 0 aliphatic heterocycles. The molecular weight excluding hydrogens is 523 g/mol. The lowest BCUT2D eigenvalue weighted by Gasteiger charge is -2.16. The molecule has 1 aromatic heterocycles. The number of hydrogen-bond donors (Lipinski definition) is 3. The Morgan fingerprint density at radius 1 is 1.00 bits per heavy atom. The van der Waals surface area contributed by atoms with E-state index in [0.29, 0.717) is 41.1 Å². The molecular formula is C25H22Cl2N4O4S. The summed E-state index contributed by atoms with van der Waals surface area (Å²) in [7, 11) is 3.15. The normalized spacial score (nSPS) is 10.8. The number of halogens is 2. The second-order valence-corrected chi connectivity index (χ2v) is 8.92. The Morgan fingerprint density at radius 2 is 1.72 bits per heavy atom. The number of carbonyl (C=O) groups is 1. The summed E-state index contributed by atoms with van der Waals surface area (Å²) in [5.74, 6) is 1.35. The van der Waals surface area contributed by atoms with E-state index in [0.717, 1.165) is 15.4 Å². The number of phenolic OH excluding ortho intramolecular Hbond substituents is 1. The van der Waals surface area contributed by atoms with E-state index in [1.807, 2.05) is 24.3 Å². The van der Waals surface area contributed by atoms with Gasteiger partial charge in [-0.25, -0.2) is 14.1 Å². The van der Waals surface area contributed by atoms with Gasteiger partial charge in [0, 0.05) is 6.54 Å². The van der Waals surface area contributed by atoms with Crippen molar-refractivity contribution in [1.82, 2.24) is 15.3 Å². The quantitative estimate of drug-likeness (QED) is 0.249. The Labute approximate surface area is 223 Å². The molecule has 36 heavy (non-hydrogen) atoms. The Bertz CT molecular complexity index is 1410. The van der Waals surface area contributed by atoms with E-state index in [4.69, 9.17) is 32.7 Å². The third-order valence-electron chi connectivity index (χ3n) is 5.43. The summed E-state index contributed by atoms with van der Waals surface area (Å²) in [5.41, 5.74) is 3.62. The number of aromatic nitrogens is 2. The number of thiol groups is 1. The van der Waals surface area contributed by atoms with E-state index >= 15 is 0 Å². The number of nitrogens with zero attached hydrogens (tertiary/aromatic N) is 3. The number of rotatable bonds is 7. The van der Waals surface area contributed by atoms with Gasteiger partial charge in [-0.2, -0.15) is 0 Å².